The molecule has 0 aliphatic rings. The monoisotopic (exact) mass is 203 g/mol. The summed E-state index contributed by atoms with van der Waals surface area (Å²) < 4.78 is 0. The molecule has 0 saturated carbocycles. The molecule has 1 aromatic carbocycles. The molecule has 0 bridgehead atoms. The maximum atomic E-state index is 8.96. The van der Waals surface area contributed by atoms with E-state index in [1.165, 1.54) is 0 Å². The molecule has 0 aliphatic carbocycles. The van der Waals surface area contributed by atoms with Crippen LogP contribution in [0.5, 0.6) is 0 Å². The number of rotatable bonds is 3. The lowest BCUT2D eigenvalue weighted by Crippen LogP contribution is -1.83. The van der Waals surface area contributed by atoms with E-state index in [4.69, 9.17) is 5.26 Å². The molecular formula is C12H13NS. The van der Waals surface area contributed by atoms with E-state index in [9.17, 15) is 0 Å². The van der Waals surface area contributed by atoms with E-state index in [0.717, 1.165) is 21.8 Å². The van der Waals surface area contributed by atoms with Crippen molar-refractivity contribution in [2.75, 3.05) is 5.75 Å². The SMILES string of the molecule is CCSC(C#N)=C(C)c1ccccc1. The van der Waals surface area contributed by atoms with E-state index >= 15 is 0 Å². The average molecular weight is 203 g/mol. The first-order valence-corrected chi connectivity index (χ1v) is 5.57. The molecule has 1 nitrogen and oxygen atoms in total. The van der Waals surface area contributed by atoms with Crippen LogP contribution in [0.1, 0.15) is 19.4 Å². The van der Waals surface area contributed by atoms with Crippen molar-refractivity contribution < 1.29 is 0 Å². The van der Waals surface area contributed by atoms with Gasteiger partial charge in [0.15, 0.2) is 0 Å². The van der Waals surface area contributed by atoms with Gasteiger partial charge in [0.1, 0.15) is 6.07 Å². The standard InChI is InChI=1S/C12H13NS/c1-3-14-12(9-13)10(2)11-7-5-4-6-8-11/h4-8H,3H2,1-2H3. The number of allylic oxidation sites excluding steroid dienone is 2. The van der Waals surface area contributed by atoms with E-state index in [1.807, 2.05) is 37.3 Å². The van der Waals surface area contributed by atoms with Crippen molar-refractivity contribution in [1.82, 2.24) is 0 Å². The summed E-state index contributed by atoms with van der Waals surface area (Å²) in [4.78, 5) is 0.818. The molecule has 2 heteroatoms. The Balaban J connectivity index is 3.03. The van der Waals surface area contributed by atoms with Crippen molar-refractivity contribution in [2.24, 2.45) is 0 Å². The molecule has 0 aromatic heterocycles. The summed E-state index contributed by atoms with van der Waals surface area (Å²) in [6.45, 7) is 4.05. The summed E-state index contributed by atoms with van der Waals surface area (Å²) in [5.74, 6) is 0.938. The quantitative estimate of drug-likeness (QED) is 0.699. The molecule has 0 fully saturated rings. The summed E-state index contributed by atoms with van der Waals surface area (Å²) >= 11 is 1.60. The second-order valence-electron chi connectivity index (χ2n) is 2.86. The maximum absolute atomic E-state index is 8.96. The predicted molar refractivity (Wildman–Crippen MR) is 62.8 cm³/mol. The Morgan fingerprint density at radius 2 is 2.00 bits per heavy atom. The summed E-state index contributed by atoms with van der Waals surface area (Å²) in [5.41, 5.74) is 2.20. The summed E-state index contributed by atoms with van der Waals surface area (Å²) in [7, 11) is 0. The van der Waals surface area contributed by atoms with Crippen LogP contribution in [0, 0.1) is 11.3 Å². The third kappa shape index (κ3) is 2.65. The smallest absolute Gasteiger partial charge is 0.106 e. The summed E-state index contributed by atoms with van der Waals surface area (Å²) in [6.07, 6.45) is 0. The van der Waals surface area contributed by atoms with Crippen LogP contribution < -0.4 is 0 Å². The fourth-order valence-electron chi connectivity index (χ4n) is 1.19. The van der Waals surface area contributed by atoms with E-state index in [1.54, 1.807) is 11.8 Å². The zero-order valence-corrected chi connectivity index (χ0v) is 9.27. The normalized spacial score (nSPS) is 11.8. The number of hydrogen-bond acceptors (Lipinski definition) is 2. The highest BCUT2D eigenvalue weighted by Crippen LogP contribution is 2.25. The van der Waals surface area contributed by atoms with E-state index in [0.29, 0.717) is 0 Å². The molecule has 0 aliphatic heterocycles. The Kier molecular flexibility index (Phi) is 4.28. The van der Waals surface area contributed by atoms with Gasteiger partial charge in [-0.3, -0.25) is 0 Å². The first-order valence-electron chi connectivity index (χ1n) is 4.58. The molecule has 0 spiro atoms. The van der Waals surface area contributed by atoms with Gasteiger partial charge in [0.2, 0.25) is 0 Å². The molecule has 0 atom stereocenters. The molecule has 14 heavy (non-hydrogen) atoms. The van der Waals surface area contributed by atoms with Crippen LogP contribution >= 0.6 is 11.8 Å². The predicted octanol–water partition coefficient (Wildman–Crippen LogP) is 3.69. The molecule has 1 rings (SSSR count). The summed E-state index contributed by atoms with van der Waals surface area (Å²) in [6, 6.07) is 12.3. The molecule has 0 radical (unpaired) electrons. The lowest BCUT2D eigenvalue weighted by atomic mass is 10.1. The Hall–Kier alpha value is -1.20. The van der Waals surface area contributed by atoms with Gasteiger partial charge in [-0.15, -0.1) is 11.8 Å². The Bertz CT molecular complexity index is 360. The van der Waals surface area contributed by atoms with Crippen LogP contribution in [0.2, 0.25) is 0 Å². The van der Waals surface area contributed by atoms with Crippen LogP contribution in [0.3, 0.4) is 0 Å². The summed E-state index contributed by atoms with van der Waals surface area (Å²) in [5, 5.41) is 8.96. The second kappa shape index (κ2) is 5.51. The van der Waals surface area contributed by atoms with Gasteiger partial charge in [-0.1, -0.05) is 37.3 Å². The van der Waals surface area contributed by atoms with Crippen molar-refractivity contribution in [3.8, 4) is 6.07 Å². The number of nitrogens with zero attached hydrogens (tertiary/aromatic N) is 1. The Morgan fingerprint density at radius 3 is 2.50 bits per heavy atom. The van der Waals surface area contributed by atoms with Gasteiger partial charge in [-0.25, -0.2) is 0 Å². The van der Waals surface area contributed by atoms with E-state index in [-0.39, 0.29) is 0 Å². The van der Waals surface area contributed by atoms with Crippen molar-refractivity contribution in [1.29, 1.82) is 5.26 Å². The average Bonchev–Trinajstić information content (AvgIpc) is 2.26. The van der Waals surface area contributed by atoms with Gasteiger partial charge >= 0.3 is 0 Å². The van der Waals surface area contributed by atoms with Crippen LogP contribution in [0.25, 0.3) is 5.57 Å². The van der Waals surface area contributed by atoms with E-state index < -0.39 is 0 Å². The highest BCUT2D eigenvalue weighted by atomic mass is 32.2. The number of hydrogen-bond donors (Lipinski definition) is 0. The minimum absolute atomic E-state index is 0.818. The third-order valence-electron chi connectivity index (χ3n) is 1.94. The Labute approximate surface area is 89.4 Å². The Morgan fingerprint density at radius 1 is 1.36 bits per heavy atom. The number of benzene rings is 1. The molecule has 0 amide bonds. The molecule has 72 valence electrons. The van der Waals surface area contributed by atoms with Gasteiger partial charge in [0.05, 0.1) is 4.91 Å². The van der Waals surface area contributed by atoms with Crippen molar-refractivity contribution >= 4 is 17.3 Å². The lowest BCUT2D eigenvalue weighted by Gasteiger charge is -2.03. The van der Waals surface area contributed by atoms with E-state index in [2.05, 4.69) is 13.0 Å². The zero-order valence-electron chi connectivity index (χ0n) is 8.45. The van der Waals surface area contributed by atoms with Crippen molar-refractivity contribution in [2.45, 2.75) is 13.8 Å². The minimum Gasteiger partial charge on any atom is -0.192 e. The fraction of sp³-hybridized carbons (Fsp3) is 0.250. The van der Waals surface area contributed by atoms with Gasteiger partial charge in [0, 0.05) is 0 Å². The topological polar surface area (TPSA) is 23.8 Å². The third-order valence-corrected chi connectivity index (χ3v) is 2.91. The largest absolute Gasteiger partial charge is 0.192 e. The first-order chi connectivity index (χ1) is 6.79. The first kappa shape index (κ1) is 10.9. The van der Waals surface area contributed by atoms with Gasteiger partial charge in [-0.05, 0) is 23.8 Å². The minimum atomic E-state index is 0.818. The molecule has 0 N–H and O–H groups in total. The van der Waals surface area contributed by atoms with Crippen molar-refractivity contribution in [3.63, 3.8) is 0 Å². The highest BCUT2D eigenvalue weighted by Gasteiger charge is 2.03. The lowest BCUT2D eigenvalue weighted by molar-refractivity contribution is 1.49. The zero-order chi connectivity index (χ0) is 10.4. The highest BCUT2D eigenvalue weighted by molar-refractivity contribution is 8.03. The van der Waals surface area contributed by atoms with Crippen LogP contribution in [0.15, 0.2) is 35.2 Å². The number of nitriles is 1. The molecule has 1 aromatic rings. The molecule has 0 heterocycles. The van der Waals surface area contributed by atoms with Crippen LogP contribution in [0.4, 0.5) is 0 Å². The van der Waals surface area contributed by atoms with Gasteiger partial charge < -0.3 is 0 Å². The maximum Gasteiger partial charge on any atom is 0.106 e. The van der Waals surface area contributed by atoms with Crippen LogP contribution in [-0.4, -0.2) is 5.75 Å². The van der Waals surface area contributed by atoms with Gasteiger partial charge in [-0.2, -0.15) is 5.26 Å². The molecule has 0 unspecified atom stereocenters. The number of thioether (sulfide) groups is 1. The molecular weight excluding hydrogens is 190 g/mol. The van der Waals surface area contributed by atoms with Crippen LogP contribution in [-0.2, 0) is 0 Å². The van der Waals surface area contributed by atoms with Gasteiger partial charge in [0.25, 0.3) is 0 Å². The van der Waals surface area contributed by atoms with Crippen molar-refractivity contribution in [3.05, 3.63) is 40.8 Å². The fourth-order valence-corrected chi connectivity index (χ4v) is 1.88. The second-order valence-corrected chi connectivity index (χ2v) is 4.14. The molecule has 0 saturated heterocycles.